The normalized spacial score (nSPS) is 30.5. The highest BCUT2D eigenvalue weighted by molar-refractivity contribution is 6.24. The van der Waals surface area contributed by atoms with E-state index in [0.717, 1.165) is 0 Å². The van der Waals surface area contributed by atoms with Gasteiger partial charge in [-0.1, -0.05) is 13.0 Å². The first kappa shape index (κ1) is 23.3. The molecule has 3 aliphatic rings. The van der Waals surface area contributed by atoms with Crippen LogP contribution in [0, 0.1) is 17.4 Å². The number of phenols is 1. The van der Waals surface area contributed by atoms with Gasteiger partial charge in [-0.25, -0.2) is 0 Å². The van der Waals surface area contributed by atoms with Gasteiger partial charge in [-0.15, -0.1) is 0 Å². The van der Waals surface area contributed by atoms with Crippen molar-refractivity contribution in [3.8, 4) is 5.75 Å². The lowest BCUT2D eigenvalue weighted by molar-refractivity contribution is -0.154. The molecule has 7 N–H and O–H groups in total. The Morgan fingerprint density at radius 2 is 1.91 bits per heavy atom. The standard InChI is InChI=1S/C22H23N5O7/c1-7-8-4-5-11(25-26-24)16(28)12(8)17(29)13-9(7)6-10-15(27(2)3)18(30)14(21(23)33)20(32)22(10,34)19(13)31/h4-5,7,9-10,15,24,34H,6H2,1-3H3,(H4,23,29,30,31,32,33)/p+1/t7-,9+,10-,15-,22-/m0/s1. The van der Waals surface area contributed by atoms with Crippen molar-refractivity contribution in [1.82, 2.24) is 9.81 Å². The number of primary amides is 1. The molecular weight excluding hydrogens is 446 g/mol. The molecule has 0 heterocycles. The number of aliphatic hydroxyl groups is 3. The number of hydrogen-bond donors (Lipinski definition) is 6. The lowest BCUT2D eigenvalue weighted by Gasteiger charge is -2.51. The summed E-state index contributed by atoms with van der Waals surface area (Å²) in [7, 11) is 3.08. The number of phenolic OH excluding ortho intramolecular Hbond substituents is 1. The summed E-state index contributed by atoms with van der Waals surface area (Å²) >= 11 is 0. The molecule has 12 heteroatoms. The van der Waals surface area contributed by atoms with Crippen LogP contribution in [0.25, 0.3) is 5.76 Å². The molecule has 3 aliphatic carbocycles. The number of amides is 1. The summed E-state index contributed by atoms with van der Waals surface area (Å²) in [4.78, 5) is 43.1. The Hall–Kier alpha value is -3.86. The monoisotopic (exact) mass is 470 g/mol. The molecule has 12 nitrogen and oxygen atoms in total. The third-order valence-corrected chi connectivity index (χ3v) is 7.24. The first-order valence-electron chi connectivity index (χ1n) is 10.5. The molecule has 0 spiro atoms. The van der Waals surface area contributed by atoms with Gasteiger partial charge in [0.1, 0.15) is 22.6 Å². The number of rotatable bonds is 3. The number of aliphatic hydroxyl groups excluding tert-OH is 2. The molecule has 1 aromatic rings. The fourth-order valence-corrected chi connectivity index (χ4v) is 5.66. The maximum Gasteiger partial charge on any atom is 0.255 e. The SMILES string of the molecule is C[C@H]1c2ccc(N=[N+]=N)c(O)c2C(O)=C2C(=O)[C@]3(O)C(O)=C(C(N)=O)C(=O)[C@@H](N(C)C)[C@@H]3C[C@@H]21. The summed E-state index contributed by atoms with van der Waals surface area (Å²) < 4.78 is 0. The minimum absolute atomic E-state index is 0.00186. The minimum Gasteiger partial charge on any atom is -0.508 e. The van der Waals surface area contributed by atoms with Gasteiger partial charge < -0.3 is 26.2 Å². The van der Waals surface area contributed by atoms with Crippen molar-refractivity contribution in [3.63, 3.8) is 0 Å². The van der Waals surface area contributed by atoms with E-state index in [9.17, 15) is 34.8 Å². The first-order valence-corrected chi connectivity index (χ1v) is 10.5. The van der Waals surface area contributed by atoms with Crippen LogP contribution in [0.4, 0.5) is 5.69 Å². The van der Waals surface area contributed by atoms with Crippen molar-refractivity contribution in [2.45, 2.75) is 30.9 Å². The second-order valence-electron chi connectivity index (χ2n) is 9.05. The third-order valence-electron chi connectivity index (χ3n) is 7.24. The lowest BCUT2D eigenvalue weighted by atomic mass is 9.55. The summed E-state index contributed by atoms with van der Waals surface area (Å²) in [5.41, 5.74) is 8.66. The Bertz CT molecular complexity index is 1280. The molecule has 34 heavy (non-hydrogen) atoms. The maximum absolute atomic E-state index is 13.8. The summed E-state index contributed by atoms with van der Waals surface area (Å²) in [6.45, 7) is 1.76. The van der Waals surface area contributed by atoms with E-state index in [4.69, 9.17) is 11.3 Å². The zero-order valence-corrected chi connectivity index (χ0v) is 18.6. The van der Waals surface area contributed by atoms with E-state index in [1.54, 1.807) is 13.0 Å². The molecule has 0 saturated heterocycles. The average Bonchev–Trinajstić information content (AvgIpc) is 2.75. The molecule has 0 bridgehead atoms. The van der Waals surface area contributed by atoms with Gasteiger partial charge in [-0.3, -0.25) is 19.3 Å². The number of likely N-dealkylation sites (N-methyl/N-ethyl adjacent to an activating group) is 1. The van der Waals surface area contributed by atoms with Crippen LogP contribution in [0.3, 0.4) is 0 Å². The smallest absolute Gasteiger partial charge is 0.255 e. The average molecular weight is 470 g/mol. The number of carbonyl (C=O) groups is 3. The highest BCUT2D eigenvalue weighted by atomic mass is 16.3. The minimum atomic E-state index is -2.70. The van der Waals surface area contributed by atoms with E-state index < -0.39 is 69.7 Å². The van der Waals surface area contributed by atoms with Gasteiger partial charge in [-0.2, -0.15) is 0 Å². The van der Waals surface area contributed by atoms with Gasteiger partial charge >= 0.3 is 0 Å². The molecule has 1 saturated carbocycles. The zero-order valence-electron chi connectivity index (χ0n) is 18.6. The van der Waals surface area contributed by atoms with Crippen LogP contribution in [0.5, 0.6) is 5.75 Å². The van der Waals surface area contributed by atoms with Gasteiger partial charge in [0.05, 0.1) is 11.6 Å². The van der Waals surface area contributed by atoms with Crippen LogP contribution < -0.4 is 10.6 Å². The molecule has 1 amide bonds. The Balaban J connectivity index is 2.02. The molecule has 0 aromatic heterocycles. The Kier molecular flexibility index (Phi) is 5.20. The van der Waals surface area contributed by atoms with Crippen LogP contribution in [0.15, 0.2) is 34.2 Å². The number of nitrogens with two attached hydrogens (primary N) is 1. The quantitative estimate of drug-likeness (QED) is 0.210. The second-order valence-corrected chi connectivity index (χ2v) is 9.05. The highest BCUT2D eigenvalue weighted by Gasteiger charge is 2.64. The van der Waals surface area contributed by atoms with Crippen LogP contribution >= 0.6 is 0 Å². The van der Waals surface area contributed by atoms with Crippen LogP contribution in [-0.4, -0.2) is 68.5 Å². The number of benzene rings is 1. The number of hydrogen-bond acceptors (Lipinski definition) is 10. The Morgan fingerprint density at radius 1 is 1.26 bits per heavy atom. The van der Waals surface area contributed by atoms with Gasteiger partial charge in [0.2, 0.25) is 10.7 Å². The molecule has 5 atom stereocenters. The third kappa shape index (κ3) is 2.79. The molecule has 0 unspecified atom stereocenters. The molecule has 0 aliphatic heterocycles. The Morgan fingerprint density at radius 3 is 2.47 bits per heavy atom. The fraction of sp³-hybridized carbons (Fsp3) is 0.409. The summed E-state index contributed by atoms with van der Waals surface area (Å²) in [5, 5.41) is 47.6. The Labute approximate surface area is 193 Å². The van der Waals surface area contributed by atoms with E-state index in [-0.39, 0.29) is 23.2 Å². The lowest BCUT2D eigenvalue weighted by Crippen LogP contribution is -2.65. The van der Waals surface area contributed by atoms with Gasteiger partial charge in [-0.05, 0) is 44.0 Å². The molecule has 178 valence electrons. The zero-order chi connectivity index (χ0) is 25.3. The predicted octanol–water partition coefficient (Wildman–Crippen LogP) is 0.707. The summed E-state index contributed by atoms with van der Waals surface area (Å²) in [6, 6.07) is 1.86. The van der Waals surface area contributed by atoms with E-state index in [2.05, 4.69) is 10.0 Å². The van der Waals surface area contributed by atoms with E-state index in [0.29, 0.717) is 5.56 Å². The molecule has 1 aromatic carbocycles. The summed E-state index contributed by atoms with van der Waals surface area (Å²) in [6.07, 6.45) is 0.00186. The summed E-state index contributed by atoms with van der Waals surface area (Å²) in [5.74, 6) is -7.73. The van der Waals surface area contributed by atoms with Crippen molar-refractivity contribution < 1.29 is 34.8 Å². The maximum atomic E-state index is 13.8. The molecule has 4 rings (SSSR count). The van der Waals surface area contributed by atoms with E-state index in [1.807, 2.05) is 0 Å². The van der Waals surface area contributed by atoms with Crippen molar-refractivity contribution in [2.75, 3.05) is 14.1 Å². The molecular formula is C22H24N5O7+. The van der Waals surface area contributed by atoms with Crippen LogP contribution in [-0.2, 0) is 14.4 Å². The highest BCUT2D eigenvalue weighted by Crippen LogP contribution is 2.56. The first-order chi connectivity index (χ1) is 15.9. The van der Waals surface area contributed by atoms with Gasteiger partial charge in [0.15, 0.2) is 27.9 Å². The van der Waals surface area contributed by atoms with Crippen LogP contribution in [0.2, 0.25) is 0 Å². The molecule has 1 fully saturated rings. The second kappa shape index (κ2) is 7.59. The fourth-order valence-electron chi connectivity index (χ4n) is 5.66. The van der Waals surface area contributed by atoms with E-state index in [1.165, 1.54) is 25.1 Å². The number of ketones is 2. The number of nitrogens with zero attached hydrogens (tertiary/aromatic N) is 3. The van der Waals surface area contributed by atoms with Gasteiger partial charge in [0.25, 0.3) is 5.91 Å². The number of nitrogens with one attached hydrogen (secondary N) is 1. The van der Waals surface area contributed by atoms with Gasteiger partial charge in [0, 0.05) is 11.5 Å². The van der Waals surface area contributed by atoms with Crippen LogP contribution in [0.1, 0.15) is 30.4 Å². The number of aromatic hydroxyl groups is 1. The van der Waals surface area contributed by atoms with Crippen molar-refractivity contribution in [3.05, 3.63) is 40.2 Å². The molecule has 0 radical (unpaired) electrons. The topological polar surface area (TPSA) is 212 Å². The van der Waals surface area contributed by atoms with Crippen molar-refractivity contribution in [2.24, 2.45) is 22.7 Å². The predicted molar refractivity (Wildman–Crippen MR) is 116 cm³/mol. The number of Topliss-reactive ketones (excluding diaryl/α,β-unsaturated/α-hetero) is 2. The number of fused-ring (bicyclic) bond motifs is 3. The number of carbonyl (C=O) groups excluding carboxylic acids is 3. The van der Waals surface area contributed by atoms with E-state index >= 15 is 0 Å². The van der Waals surface area contributed by atoms with Crippen molar-refractivity contribution >= 4 is 28.9 Å². The van der Waals surface area contributed by atoms with Crippen molar-refractivity contribution in [1.29, 1.82) is 5.53 Å². The largest absolute Gasteiger partial charge is 0.508 e.